The van der Waals surface area contributed by atoms with E-state index in [1.165, 1.54) is 11.3 Å². The van der Waals surface area contributed by atoms with Crippen LogP contribution in [0.2, 0.25) is 0 Å². The van der Waals surface area contributed by atoms with Crippen molar-refractivity contribution < 1.29 is 8.42 Å². The van der Waals surface area contributed by atoms with E-state index in [-0.39, 0.29) is 0 Å². The minimum Gasteiger partial charge on any atom is -0.369 e. The van der Waals surface area contributed by atoms with Crippen LogP contribution in [0.5, 0.6) is 0 Å². The van der Waals surface area contributed by atoms with Gasteiger partial charge in [-0.15, -0.1) is 11.3 Å². The van der Waals surface area contributed by atoms with Crippen molar-refractivity contribution >= 4 is 48.7 Å². The number of rotatable bonds is 4. The molecule has 8 heteroatoms. The third-order valence-corrected chi connectivity index (χ3v) is 7.30. The zero-order valence-electron chi connectivity index (χ0n) is 12.7. The molecule has 1 aromatic heterocycles. The molecule has 0 amide bonds. The lowest BCUT2D eigenvalue weighted by molar-refractivity contribution is 0.313. The predicted molar refractivity (Wildman–Crippen MR) is 99.0 cm³/mol. The largest absolute Gasteiger partial charge is 0.369 e. The molecular formula is C15H18BrN3O2S2. The lowest BCUT2D eigenvalue weighted by atomic mass is 10.2. The Labute approximate surface area is 149 Å². The molecule has 1 saturated heterocycles. The van der Waals surface area contributed by atoms with Crippen molar-refractivity contribution in [3.63, 3.8) is 0 Å². The lowest BCUT2D eigenvalue weighted by Gasteiger charge is -2.34. The SMILES string of the molecule is CN1CCN(c2ccc(NS(=O)(=O)c3ccc(Br)s3)cc2)CC1. The summed E-state index contributed by atoms with van der Waals surface area (Å²) in [6.07, 6.45) is 0. The summed E-state index contributed by atoms with van der Waals surface area (Å²) >= 11 is 4.48. The fourth-order valence-electron chi connectivity index (χ4n) is 2.45. The number of nitrogens with one attached hydrogen (secondary N) is 1. The molecule has 5 nitrogen and oxygen atoms in total. The Hall–Kier alpha value is -1.09. The Morgan fingerprint density at radius 2 is 1.70 bits per heavy atom. The van der Waals surface area contributed by atoms with Crippen LogP contribution in [0.1, 0.15) is 0 Å². The summed E-state index contributed by atoms with van der Waals surface area (Å²) in [6.45, 7) is 4.07. The van der Waals surface area contributed by atoms with Crippen molar-refractivity contribution in [2.75, 3.05) is 42.8 Å². The Kier molecular flexibility index (Phi) is 4.96. The van der Waals surface area contributed by atoms with E-state index in [1.807, 2.05) is 24.3 Å². The summed E-state index contributed by atoms with van der Waals surface area (Å²) in [5.41, 5.74) is 1.70. The third-order valence-electron chi connectivity index (χ3n) is 3.80. The fraction of sp³-hybridized carbons (Fsp3) is 0.333. The van der Waals surface area contributed by atoms with E-state index in [1.54, 1.807) is 12.1 Å². The van der Waals surface area contributed by atoms with Crippen LogP contribution in [0.15, 0.2) is 44.4 Å². The highest BCUT2D eigenvalue weighted by Gasteiger charge is 2.17. The van der Waals surface area contributed by atoms with Gasteiger partial charge in [-0.1, -0.05) is 0 Å². The molecule has 23 heavy (non-hydrogen) atoms. The van der Waals surface area contributed by atoms with Gasteiger partial charge in [0.1, 0.15) is 4.21 Å². The molecule has 0 radical (unpaired) electrons. The molecular weight excluding hydrogens is 398 g/mol. The second-order valence-corrected chi connectivity index (χ2v) is 9.87. The number of anilines is 2. The fourth-order valence-corrected chi connectivity index (χ4v) is 5.52. The molecule has 0 atom stereocenters. The van der Waals surface area contributed by atoms with E-state index in [4.69, 9.17) is 0 Å². The average Bonchev–Trinajstić information content (AvgIpc) is 2.96. The van der Waals surface area contributed by atoms with Gasteiger partial charge in [0.25, 0.3) is 10.0 Å². The molecule has 0 unspecified atom stereocenters. The Bertz CT molecular complexity index is 766. The molecule has 2 aromatic rings. The second kappa shape index (κ2) is 6.80. The van der Waals surface area contributed by atoms with Gasteiger partial charge in [0.2, 0.25) is 0 Å². The summed E-state index contributed by atoms with van der Waals surface area (Å²) in [4.78, 5) is 4.62. The molecule has 0 bridgehead atoms. The van der Waals surface area contributed by atoms with Gasteiger partial charge in [0.05, 0.1) is 3.79 Å². The predicted octanol–water partition coefficient (Wildman–Crippen LogP) is 3.06. The molecule has 0 saturated carbocycles. The molecule has 1 aliphatic rings. The van der Waals surface area contributed by atoms with Crippen LogP contribution in [0.4, 0.5) is 11.4 Å². The zero-order chi connectivity index (χ0) is 16.4. The van der Waals surface area contributed by atoms with Crippen LogP contribution >= 0.6 is 27.3 Å². The van der Waals surface area contributed by atoms with E-state index in [0.717, 1.165) is 35.7 Å². The molecule has 3 rings (SSSR count). The summed E-state index contributed by atoms with van der Waals surface area (Å²) in [5.74, 6) is 0. The topological polar surface area (TPSA) is 52.6 Å². The highest BCUT2D eigenvalue weighted by molar-refractivity contribution is 9.11. The van der Waals surface area contributed by atoms with E-state index >= 15 is 0 Å². The van der Waals surface area contributed by atoms with Crippen LogP contribution in [0, 0.1) is 0 Å². The maximum absolute atomic E-state index is 12.3. The highest BCUT2D eigenvalue weighted by Crippen LogP contribution is 2.28. The molecule has 0 spiro atoms. The Balaban J connectivity index is 1.70. The van der Waals surface area contributed by atoms with Crippen molar-refractivity contribution in [2.45, 2.75) is 4.21 Å². The summed E-state index contributed by atoms with van der Waals surface area (Å²) < 4.78 is 28.3. The van der Waals surface area contributed by atoms with E-state index in [2.05, 4.69) is 37.5 Å². The van der Waals surface area contributed by atoms with Gasteiger partial charge >= 0.3 is 0 Å². The van der Waals surface area contributed by atoms with E-state index in [9.17, 15) is 8.42 Å². The average molecular weight is 416 g/mol. The number of piperazine rings is 1. The second-order valence-electron chi connectivity index (χ2n) is 5.50. The van der Waals surface area contributed by atoms with Crippen LogP contribution in [0.3, 0.4) is 0 Å². The molecule has 0 aliphatic carbocycles. The van der Waals surface area contributed by atoms with Gasteiger partial charge < -0.3 is 9.80 Å². The van der Waals surface area contributed by atoms with Crippen molar-refractivity contribution in [3.8, 4) is 0 Å². The first kappa shape index (κ1) is 16.8. The van der Waals surface area contributed by atoms with Crippen LogP contribution in [-0.2, 0) is 10.0 Å². The maximum atomic E-state index is 12.3. The number of nitrogens with zero attached hydrogens (tertiary/aromatic N) is 2. The minimum atomic E-state index is -3.52. The van der Waals surface area contributed by atoms with Crippen molar-refractivity contribution in [2.24, 2.45) is 0 Å². The summed E-state index contributed by atoms with van der Waals surface area (Å²) in [5, 5.41) is 0. The maximum Gasteiger partial charge on any atom is 0.271 e. The number of thiophene rings is 1. The quantitative estimate of drug-likeness (QED) is 0.833. The molecule has 1 aliphatic heterocycles. The standard InChI is InChI=1S/C15H18BrN3O2S2/c1-18-8-10-19(11-9-18)13-4-2-12(3-5-13)17-23(20,21)15-7-6-14(16)22-15/h2-7,17H,8-11H2,1H3. The molecule has 1 fully saturated rings. The van der Waals surface area contributed by atoms with Gasteiger partial charge in [0.15, 0.2) is 0 Å². The number of hydrogen-bond acceptors (Lipinski definition) is 5. The monoisotopic (exact) mass is 415 g/mol. The summed E-state index contributed by atoms with van der Waals surface area (Å²) in [7, 11) is -1.40. The van der Waals surface area contributed by atoms with Gasteiger partial charge in [-0.05, 0) is 59.4 Å². The minimum absolute atomic E-state index is 0.299. The smallest absolute Gasteiger partial charge is 0.271 e. The van der Waals surface area contributed by atoms with Crippen LogP contribution in [-0.4, -0.2) is 46.5 Å². The van der Waals surface area contributed by atoms with Gasteiger partial charge in [-0.25, -0.2) is 8.42 Å². The van der Waals surface area contributed by atoms with Crippen LogP contribution in [0.25, 0.3) is 0 Å². The first-order valence-corrected chi connectivity index (χ1v) is 10.3. The molecule has 2 heterocycles. The van der Waals surface area contributed by atoms with Crippen molar-refractivity contribution in [1.29, 1.82) is 0 Å². The first-order chi connectivity index (χ1) is 10.9. The Morgan fingerprint density at radius 1 is 1.04 bits per heavy atom. The van der Waals surface area contributed by atoms with Gasteiger partial charge in [-0.2, -0.15) is 0 Å². The van der Waals surface area contributed by atoms with E-state index in [0.29, 0.717) is 9.90 Å². The normalized spacial score (nSPS) is 16.5. The van der Waals surface area contributed by atoms with Crippen molar-refractivity contribution in [3.05, 3.63) is 40.2 Å². The third kappa shape index (κ3) is 4.06. The van der Waals surface area contributed by atoms with E-state index < -0.39 is 10.0 Å². The number of likely N-dealkylation sites (N-methyl/N-ethyl adjacent to an activating group) is 1. The zero-order valence-corrected chi connectivity index (χ0v) is 15.9. The Morgan fingerprint density at radius 3 is 2.26 bits per heavy atom. The highest BCUT2D eigenvalue weighted by atomic mass is 79.9. The van der Waals surface area contributed by atoms with Gasteiger partial charge in [0, 0.05) is 37.6 Å². The number of halogens is 1. The summed E-state index contributed by atoms with van der Waals surface area (Å²) in [6, 6.07) is 10.9. The number of hydrogen-bond donors (Lipinski definition) is 1. The molecule has 124 valence electrons. The lowest BCUT2D eigenvalue weighted by Crippen LogP contribution is -2.44. The van der Waals surface area contributed by atoms with Crippen molar-refractivity contribution in [1.82, 2.24) is 4.90 Å². The molecule has 1 aromatic carbocycles. The van der Waals surface area contributed by atoms with Crippen LogP contribution < -0.4 is 9.62 Å². The molecule has 1 N–H and O–H groups in total. The number of sulfonamides is 1. The number of benzene rings is 1. The first-order valence-electron chi connectivity index (χ1n) is 7.26. The van der Waals surface area contributed by atoms with Gasteiger partial charge in [-0.3, -0.25) is 4.72 Å².